The van der Waals surface area contributed by atoms with Crippen LogP contribution in [-0.4, -0.2) is 23.0 Å². The molecular formula is C18H25N3OS. The van der Waals surface area contributed by atoms with Crippen LogP contribution in [0, 0.1) is 17.8 Å². The van der Waals surface area contributed by atoms with Crippen molar-refractivity contribution >= 4 is 17.2 Å². The minimum atomic E-state index is 0.0625. The summed E-state index contributed by atoms with van der Waals surface area (Å²) < 4.78 is 0. The number of amides is 1. The maximum atomic E-state index is 12.8. The van der Waals surface area contributed by atoms with E-state index in [0.717, 1.165) is 35.7 Å². The predicted molar refractivity (Wildman–Crippen MR) is 90.5 cm³/mol. The summed E-state index contributed by atoms with van der Waals surface area (Å²) >= 11 is 1.63. The second-order valence-corrected chi connectivity index (χ2v) is 9.26. The number of nitrogens with zero attached hydrogens (tertiary/aromatic N) is 1. The van der Waals surface area contributed by atoms with Gasteiger partial charge in [-0.05, 0) is 75.7 Å². The zero-order chi connectivity index (χ0) is 15.4. The van der Waals surface area contributed by atoms with Gasteiger partial charge in [-0.2, -0.15) is 0 Å². The van der Waals surface area contributed by atoms with Crippen molar-refractivity contribution in [1.29, 1.82) is 0 Å². The van der Waals surface area contributed by atoms with Gasteiger partial charge in [-0.3, -0.25) is 4.79 Å². The van der Waals surface area contributed by atoms with E-state index in [-0.39, 0.29) is 11.4 Å². The molecule has 0 aromatic carbocycles. The van der Waals surface area contributed by atoms with Crippen molar-refractivity contribution in [3.8, 4) is 0 Å². The summed E-state index contributed by atoms with van der Waals surface area (Å²) in [5.41, 5.74) is 0.718. The van der Waals surface area contributed by atoms with Gasteiger partial charge < -0.3 is 10.6 Å². The molecule has 0 radical (unpaired) electrons. The van der Waals surface area contributed by atoms with Crippen molar-refractivity contribution in [3.63, 3.8) is 0 Å². The number of rotatable bonds is 3. The maximum absolute atomic E-state index is 12.8. The van der Waals surface area contributed by atoms with Crippen LogP contribution >= 0.6 is 11.3 Å². The first-order valence-corrected chi connectivity index (χ1v) is 10.1. The standard InChI is InChI=1S/C18H25N3OS/c22-16(15-10-23-17(20-15)14-2-1-3-19-14)21-18-7-11-4-12(8-18)6-13(5-11)9-18/h10-14,19H,1-9H2,(H,21,22). The van der Waals surface area contributed by atoms with Gasteiger partial charge in [-0.1, -0.05) is 0 Å². The van der Waals surface area contributed by atoms with Crippen LogP contribution in [0.25, 0.3) is 0 Å². The summed E-state index contributed by atoms with van der Waals surface area (Å²) in [6.07, 6.45) is 10.2. The average molecular weight is 331 g/mol. The van der Waals surface area contributed by atoms with Gasteiger partial charge in [0.05, 0.1) is 6.04 Å². The third-order valence-electron chi connectivity index (χ3n) is 6.53. The first-order chi connectivity index (χ1) is 11.2. The van der Waals surface area contributed by atoms with Crippen LogP contribution in [0.3, 0.4) is 0 Å². The molecule has 4 bridgehead atoms. The molecule has 4 nitrogen and oxygen atoms in total. The lowest BCUT2D eigenvalue weighted by Gasteiger charge is -2.56. The summed E-state index contributed by atoms with van der Waals surface area (Å²) in [4.78, 5) is 17.4. The largest absolute Gasteiger partial charge is 0.345 e. The van der Waals surface area contributed by atoms with Gasteiger partial charge in [-0.25, -0.2) is 4.98 Å². The number of carbonyl (C=O) groups is 1. The Kier molecular flexibility index (Phi) is 3.31. The quantitative estimate of drug-likeness (QED) is 0.894. The van der Waals surface area contributed by atoms with Crippen LogP contribution in [0.15, 0.2) is 5.38 Å². The highest BCUT2D eigenvalue weighted by Gasteiger charge is 2.51. The number of hydrogen-bond donors (Lipinski definition) is 2. The molecule has 4 aliphatic carbocycles. The topological polar surface area (TPSA) is 54.0 Å². The van der Waals surface area contributed by atoms with Crippen molar-refractivity contribution in [2.24, 2.45) is 17.8 Å². The number of hydrogen-bond acceptors (Lipinski definition) is 4. The normalized spacial score (nSPS) is 41.4. The van der Waals surface area contributed by atoms with Gasteiger partial charge >= 0.3 is 0 Å². The Hall–Kier alpha value is -0.940. The molecule has 1 aliphatic heterocycles. The predicted octanol–water partition coefficient (Wildman–Crippen LogP) is 3.27. The van der Waals surface area contributed by atoms with Crippen LogP contribution in [0.4, 0.5) is 0 Å². The lowest BCUT2D eigenvalue weighted by molar-refractivity contribution is -0.0167. The van der Waals surface area contributed by atoms with Crippen LogP contribution in [-0.2, 0) is 0 Å². The fourth-order valence-electron chi connectivity index (χ4n) is 6.02. The summed E-state index contributed by atoms with van der Waals surface area (Å²) in [6.45, 7) is 1.07. The second-order valence-electron chi connectivity index (χ2n) is 8.37. The molecule has 23 heavy (non-hydrogen) atoms. The molecule has 0 spiro atoms. The Balaban J connectivity index is 1.31. The van der Waals surface area contributed by atoms with E-state index >= 15 is 0 Å². The zero-order valence-electron chi connectivity index (χ0n) is 13.5. The molecule has 1 atom stereocenters. The maximum Gasteiger partial charge on any atom is 0.271 e. The van der Waals surface area contributed by atoms with Gasteiger partial charge in [0, 0.05) is 10.9 Å². The smallest absolute Gasteiger partial charge is 0.271 e. The number of thiazole rings is 1. The summed E-state index contributed by atoms with van der Waals surface area (Å²) in [7, 11) is 0. The van der Waals surface area contributed by atoms with E-state index in [4.69, 9.17) is 0 Å². The molecule has 1 aromatic heterocycles. The molecule has 5 fully saturated rings. The van der Waals surface area contributed by atoms with Crippen molar-refractivity contribution in [2.45, 2.75) is 62.9 Å². The van der Waals surface area contributed by atoms with E-state index in [1.807, 2.05) is 5.38 Å². The molecule has 2 heterocycles. The van der Waals surface area contributed by atoms with E-state index in [2.05, 4.69) is 15.6 Å². The third-order valence-corrected chi connectivity index (χ3v) is 7.49. The number of carbonyl (C=O) groups excluding carboxylic acids is 1. The molecule has 1 unspecified atom stereocenters. The Morgan fingerprint density at radius 1 is 1.22 bits per heavy atom. The van der Waals surface area contributed by atoms with Gasteiger partial charge in [0.2, 0.25) is 0 Å². The van der Waals surface area contributed by atoms with Crippen molar-refractivity contribution in [2.75, 3.05) is 6.54 Å². The van der Waals surface area contributed by atoms with E-state index < -0.39 is 0 Å². The van der Waals surface area contributed by atoms with Crippen molar-refractivity contribution in [1.82, 2.24) is 15.6 Å². The van der Waals surface area contributed by atoms with Crippen molar-refractivity contribution in [3.05, 3.63) is 16.1 Å². The summed E-state index contributed by atoms with van der Waals surface area (Å²) in [6, 6.07) is 0.362. The Morgan fingerprint density at radius 2 is 1.91 bits per heavy atom. The third kappa shape index (κ3) is 2.52. The minimum absolute atomic E-state index is 0.0625. The van der Waals surface area contributed by atoms with Crippen LogP contribution < -0.4 is 10.6 Å². The molecule has 6 rings (SSSR count). The van der Waals surface area contributed by atoms with Crippen LogP contribution in [0.1, 0.15) is 72.9 Å². The lowest BCUT2D eigenvalue weighted by atomic mass is 9.53. The van der Waals surface area contributed by atoms with Gasteiger partial charge in [0.15, 0.2) is 0 Å². The molecule has 5 aliphatic rings. The molecular weight excluding hydrogens is 306 g/mol. The molecule has 5 heteroatoms. The van der Waals surface area contributed by atoms with Gasteiger partial charge in [0.25, 0.3) is 5.91 Å². The fraction of sp³-hybridized carbons (Fsp3) is 0.778. The SMILES string of the molecule is O=C(NC12CC3CC(CC(C3)C1)C2)c1csc(C2CCCN2)n1. The summed E-state index contributed by atoms with van der Waals surface area (Å²) in [5, 5.41) is 9.93. The molecule has 124 valence electrons. The van der Waals surface area contributed by atoms with Crippen LogP contribution in [0.5, 0.6) is 0 Å². The molecule has 4 saturated carbocycles. The molecule has 2 N–H and O–H groups in total. The monoisotopic (exact) mass is 331 g/mol. The zero-order valence-corrected chi connectivity index (χ0v) is 14.3. The van der Waals surface area contributed by atoms with Gasteiger partial charge in [0.1, 0.15) is 10.7 Å². The number of nitrogens with one attached hydrogen (secondary N) is 2. The second kappa shape index (κ2) is 5.28. The fourth-order valence-corrected chi connectivity index (χ4v) is 6.92. The molecule has 1 saturated heterocycles. The molecule has 1 aromatic rings. The Morgan fingerprint density at radius 3 is 2.52 bits per heavy atom. The Labute approximate surface area is 141 Å². The highest BCUT2D eigenvalue weighted by Crippen LogP contribution is 2.55. The van der Waals surface area contributed by atoms with E-state index in [1.165, 1.54) is 44.9 Å². The van der Waals surface area contributed by atoms with E-state index in [0.29, 0.717) is 11.7 Å². The lowest BCUT2D eigenvalue weighted by Crippen LogP contribution is -2.59. The first kappa shape index (κ1) is 14.4. The highest BCUT2D eigenvalue weighted by atomic mass is 32.1. The Bertz CT molecular complexity index is 584. The van der Waals surface area contributed by atoms with Crippen molar-refractivity contribution < 1.29 is 4.79 Å². The highest BCUT2D eigenvalue weighted by molar-refractivity contribution is 7.09. The van der Waals surface area contributed by atoms with E-state index in [1.54, 1.807) is 11.3 Å². The first-order valence-electron chi connectivity index (χ1n) is 9.20. The molecule has 1 amide bonds. The van der Waals surface area contributed by atoms with Crippen LogP contribution in [0.2, 0.25) is 0 Å². The average Bonchev–Trinajstić information content (AvgIpc) is 3.17. The van der Waals surface area contributed by atoms with E-state index in [9.17, 15) is 4.79 Å². The number of aromatic nitrogens is 1. The van der Waals surface area contributed by atoms with Gasteiger partial charge in [-0.15, -0.1) is 11.3 Å². The minimum Gasteiger partial charge on any atom is -0.345 e. The summed E-state index contributed by atoms with van der Waals surface area (Å²) in [5.74, 6) is 2.63.